The largest absolute Gasteiger partial charge is 0.322 e. The second-order valence-corrected chi connectivity index (χ2v) is 7.82. The summed E-state index contributed by atoms with van der Waals surface area (Å²) in [6.07, 6.45) is 0. The van der Waals surface area contributed by atoms with Crippen LogP contribution in [0.4, 0.5) is 16.5 Å². The van der Waals surface area contributed by atoms with E-state index in [0.29, 0.717) is 10.8 Å². The summed E-state index contributed by atoms with van der Waals surface area (Å²) < 4.78 is 0. The first-order valence-corrected chi connectivity index (χ1v) is 10.3. The van der Waals surface area contributed by atoms with Crippen molar-refractivity contribution < 1.29 is 14.5 Å². The fraction of sp³-hybridized carbons (Fsp3) is 0.105. The highest BCUT2D eigenvalue weighted by molar-refractivity contribution is 8.00. The molecule has 8 nitrogen and oxygen atoms in total. The zero-order valence-corrected chi connectivity index (χ0v) is 16.9. The van der Waals surface area contributed by atoms with Crippen molar-refractivity contribution in [1.29, 1.82) is 0 Å². The van der Waals surface area contributed by atoms with Crippen molar-refractivity contribution >= 4 is 51.4 Å². The van der Waals surface area contributed by atoms with Crippen LogP contribution in [0.3, 0.4) is 0 Å². The molecule has 0 spiro atoms. The van der Waals surface area contributed by atoms with Crippen molar-refractivity contribution in [1.82, 2.24) is 4.98 Å². The molecule has 1 heterocycles. The quantitative estimate of drug-likeness (QED) is 0.329. The Morgan fingerprint density at radius 1 is 1.17 bits per heavy atom. The van der Waals surface area contributed by atoms with Crippen LogP contribution in [0.25, 0.3) is 0 Å². The van der Waals surface area contributed by atoms with E-state index in [1.54, 1.807) is 24.3 Å². The molecule has 2 N–H and O–H groups in total. The van der Waals surface area contributed by atoms with Gasteiger partial charge in [0.05, 0.1) is 16.4 Å². The Hall–Kier alpha value is -3.24. The molecule has 1 aromatic heterocycles. The van der Waals surface area contributed by atoms with Gasteiger partial charge in [0.15, 0.2) is 5.13 Å². The molecule has 0 saturated heterocycles. The molecular weight excluding hydrogens is 412 g/mol. The highest BCUT2D eigenvalue weighted by atomic mass is 32.2. The standard InChI is InChI=1S/C19H16N4O4S2/c1-12-10-29-19(20-12)22-17(24)11-28-16-7-5-14(6-8-16)21-18(25)13-3-2-4-15(9-13)23(26)27/h2-10H,11H2,1H3,(H,21,25)(H,20,22,24). The maximum Gasteiger partial charge on any atom is 0.270 e. The molecule has 2 aromatic carbocycles. The first-order valence-electron chi connectivity index (χ1n) is 8.41. The number of aryl methyl sites for hydroxylation is 1. The third kappa shape index (κ3) is 5.87. The van der Waals surface area contributed by atoms with Gasteiger partial charge in [0.1, 0.15) is 0 Å². The van der Waals surface area contributed by atoms with Crippen molar-refractivity contribution in [2.45, 2.75) is 11.8 Å². The van der Waals surface area contributed by atoms with E-state index in [0.717, 1.165) is 10.6 Å². The topological polar surface area (TPSA) is 114 Å². The monoisotopic (exact) mass is 428 g/mol. The van der Waals surface area contributed by atoms with Crippen molar-refractivity contribution in [3.05, 3.63) is 75.3 Å². The summed E-state index contributed by atoms with van der Waals surface area (Å²) in [5.74, 6) is -0.350. The van der Waals surface area contributed by atoms with E-state index in [1.165, 1.54) is 47.4 Å². The molecule has 0 aliphatic carbocycles. The van der Waals surface area contributed by atoms with E-state index in [1.807, 2.05) is 12.3 Å². The maximum atomic E-state index is 12.3. The zero-order chi connectivity index (χ0) is 20.8. The molecule has 29 heavy (non-hydrogen) atoms. The predicted octanol–water partition coefficient (Wildman–Crippen LogP) is 4.34. The van der Waals surface area contributed by atoms with Crippen molar-refractivity contribution in [2.24, 2.45) is 0 Å². The normalized spacial score (nSPS) is 10.4. The van der Waals surface area contributed by atoms with Gasteiger partial charge in [-0.25, -0.2) is 4.98 Å². The lowest BCUT2D eigenvalue weighted by Gasteiger charge is -2.07. The molecule has 148 valence electrons. The number of non-ortho nitro benzene ring substituents is 1. The summed E-state index contributed by atoms with van der Waals surface area (Å²) in [6, 6.07) is 12.5. The summed E-state index contributed by atoms with van der Waals surface area (Å²) >= 11 is 2.74. The SMILES string of the molecule is Cc1csc(NC(=O)CSc2ccc(NC(=O)c3cccc([N+](=O)[O-])c3)cc2)n1. The predicted molar refractivity (Wildman–Crippen MR) is 114 cm³/mol. The van der Waals surface area contributed by atoms with Crippen molar-refractivity contribution in [3.8, 4) is 0 Å². The molecule has 0 unspecified atom stereocenters. The molecule has 0 aliphatic heterocycles. The number of hydrogen-bond acceptors (Lipinski definition) is 7. The average molecular weight is 428 g/mol. The second-order valence-electron chi connectivity index (χ2n) is 5.92. The van der Waals surface area contributed by atoms with Gasteiger partial charge in [0.25, 0.3) is 11.6 Å². The van der Waals surface area contributed by atoms with E-state index in [-0.39, 0.29) is 22.9 Å². The first-order chi connectivity index (χ1) is 13.9. The fourth-order valence-corrected chi connectivity index (χ4v) is 3.72. The fourth-order valence-electron chi connectivity index (χ4n) is 2.31. The highest BCUT2D eigenvalue weighted by Crippen LogP contribution is 2.22. The van der Waals surface area contributed by atoms with Crippen LogP contribution in [-0.4, -0.2) is 27.5 Å². The summed E-state index contributed by atoms with van der Waals surface area (Å²) in [6.45, 7) is 1.86. The van der Waals surface area contributed by atoms with Crippen LogP contribution in [0.5, 0.6) is 0 Å². The molecule has 0 radical (unpaired) electrons. The van der Waals surface area contributed by atoms with E-state index in [4.69, 9.17) is 0 Å². The van der Waals surface area contributed by atoms with Crippen LogP contribution in [-0.2, 0) is 4.79 Å². The molecule has 0 saturated carbocycles. The highest BCUT2D eigenvalue weighted by Gasteiger charge is 2.12. The number of nitrogens with one attached hydrogen (secondary N) is 2. The molecule has 0 bridgehead atoms. The minimum absolute atomic E-state index is 0.143. The summed E-state index contributed by atoms with van der Waals surface area (Å²) in [7, 11) is 0. The molecule has 0 fully saturated rings. The summed E-state index contributed by atoms with van der Waals surface area (Å²) in [4.78, 5) is 39.6. The number of benzene rings is 2. The van der Waals surface area contributed by atoms with Gasteiger partial charge in [-0.15, -0.1) is 23.1 Å². The van der Waals surface area contributed by atoms with Crippen LogP contribution in [0.2, 0.25) is 0 Å². The molecule has 3 rings (SSSR count). The minimum atomic E-state index is -0.547. The number of nitro groups is 1. The minimum Gasteiger partial charge on any atom is -0.322 e. The number of nitro benzene ring substituents is 1. The third-order valence-electron chi connectivity index (χ3n) is 3.67. The van der Waals surface area contributed by atoms with E-state index in [2.05, 4.69) is 15.6 Å². The van der Waals surface area contributed by atoms with Gasteiger partial charge in [0, 0.05) is 33.7 Å². The van der Waals surface area contributed by atoms with Crippen LogP contribution in [0, 0.1) is 17.0 Å². The van der Waals surface area contributed by atoms with Gasteiger partial charge in [-0.1, -0.05) is 6.07 Å². The Balaban J connectivity index is 1.53. The van der Waals surface area contributed by atoms with Crippen molar-refractivity contribution in [3.63, 3.8) is 0 Å². The number of amides is 2. The molecule has 10 heteroatoms. The second kappa shape index (κ2) is 9.30. The Morgan fingerprint density at radius 3 is 2.59 bits per heavy atom. The molecule has 2 amide bonds. The van der Waals surface area contributed by atoms with Gasteiger partial charge in [-0.05, 0) is 37.3 Å². The number of thiazole rings is 1. The Bertz CT molecular complexity index is 1050. The van der Waals surface area contributed by atoms with Crippen LogP contribution in [0.1, 0.15) is 16.1 Å². The zero-order valence-electron chi connectivity index (χ0n) is 15.2. The number of hydrogen-bond donors (Lipinski definition) is 2. The molecular formula is C19H16N4O4S2. The third-order valence-corrected chi connectivity index (χ3v) is 5.55. The number of thioether (sulfide) groups is 1. The Kier molecular flexibility index (Phi) is 6.57. The van der Waals surface area contributed by atoms with Crippen LogP contribution < -0.4 is 10.6 Å². The lowest BCUT2D eigenvalue weighted by atomic mass is 10.2. The smallest absolute Gasteiger partial charge is 0.270 e. The number of carbonyl (C=O) groups is 2. The van der Waals surface area contributed by atoms with Gasteiger partial charge in [-0.3, -0.25) is 19.7 Å². The average Bonchev–Trinajstić information content (AvgIpc) is 3.12. The van der Waals surface area contributed by atoms with Crippen molar-refractivity contribution in [2.75, 3.05) is 16.4 Å². The van der Waals surface area contributed by atoms with Crippen LogP contribution in [0.15, 0.2) is 58.8 Å². The number of carbonyl (C=O) groups excluding carboxylic acids is 2. The van der Waals surface area contributed by atoms with Gasteiger partial charge in [0.2, 0.25) is 5.91 Å². The summed E-state index contributed by atoms with van der Waals surface area (Å²) in [5.41, 5.74) is 1.47. The van der Waals surface area contributed by atoms with E-state index >= 15 is 0 Å². The molecule has 0 atom stereocenters. The Morgan fingerprint density at radius 2 is 1.93 bits per heavy atom. The van der Waals surface area contributed by atoms with E-state index < -0.39 is 10.8 Å². The Labute approximate surface area is 174 Å². The molecule has 3 aromatic rings. The lowest BCUT2D eigenvalue weighted by molar-refractivity contribution is -0.384. The van der Waals surface area contributed by atoms with Gasteiger partial charge < -0.3 is 10.6 Å². The van der Waals surface area contributed by atoms with Gasteiger partial charge in [-0.2, -0.15) is 0 Å². The number of rotatable bonds is 7. The number of nitrogens with zero attached hydrogens (tertiary/aromatic N) is 2. The first kappa shape index (κ1) is 20.5. The number of anilines is 2. The number of aromatic nitrogens is 1. The maximum absolute atomic E-state index is 12.3. The van der Waals surface area contributed by atoms with Gasteiger partial charge >= 0.3 is 0 Å². The molecule has 0 aliphatic rings. The van der Waals surface area contributed by atoms with E-state index in [9.17, 15) is 19.7 Å². The lowest BCUT2D eigenvalue weighted by Crippen LogP contribution is -2.13. The van der Waals surface area contributed by atoms with Crippen LogP contribution >= 0.6 is 23.1 Å². The summed E-state index contributed by atoms with van der Waals surface area (Å²) in [5, 5.41) is 18.7.